The van der Waals surface area contributed by atoms with Crippen molar-refractivity contribution in [2.75, 3.05) is 25.2 Å². The van der Waals surface area contributed by atoms with E-state index in [1.54, 1.807) is 19.1 Å². The van der Waals surface area contributed by atoms with Gasteiger partial charge in [0.05, 0.1) is 20.3 Å². The maximum Gasteiger partial charge on any atom is 0.339 e. The molecule has 0 unspecified atom stereocenters. The fourth-order valence-corrected chi connectivity index (χ4v) is 1.96. The van der Waals surface area contributed by atoms with Crippen LogP contribution < -0.4 is 4.90 Å². The minimum atomic E-state index is -0.508. The lowest BCUT2D eigenvalue weighted by Crippen LogP contribution is -2.27. The first-order valence-corrected chi connectivity index (χ1v) is 6.00. The highest BCUT2D eigenvalue weighted by Gasteiger charge is 2.36. The SMILES string of the molecule is CCOC(=O)C1=C(OC)C(=O)N(c2ccccc2)C1. The molecule has 19 heavy (non-hydrogen) atoms. The van der Waals surface area contributed by atoms with Crippen LogP contribution in [-0.4, -0.2) is 32.1 Å². The molecule has 5 nitrogen and oxygen atoms in total. The summed E-state index contributed by atoms with van der Waals surface area (Å²) in [5.41, 5.74) is 0.986. The first kappa shape index (κ1) is 13.1. The van der Waals surface area contributed by atoms with Gasteiger partial charge in [0.25, 0.3) is 5.91 Å². The number of esters is 1. The van der Waals surface area contributed by atoms with Crippen LogP contribution in [0.1, 0.15) is 6.92 Å². The lowest BCUT2D eigenvalue weighted by Gasteiger charge is -2.16. The van der Waals surface area contributed by atoms with Crippen LogP contribution in [-0.2, 0) is 19.1 Å². The van der Waals surface area contributed by atoms with Gasteiger partial charge >= 0.3 is 5.97 Å². The molecule has 0 bridgehead atoms. The highest BCUT2D eigenvalue weighted by atomic mass is 16.5. The third-order valence-corrected chi connectivity index (χ3v) is 2.82. The Morgan fingerprint density at radius 2 is 2.00 bits per heavy atom. The van der Waals surface area contributed by atoms with Crippen molar-refractivity contribution in [1.29, 1.82) is 0 Å². The average Bonchev–Trinajstić information content (AvgIpc) is 2.77. The Morgan fingerprint density at radius 1 is 1.32 bits per heavy atom. The molecule has 0 atom stereocenters. The van der Waals surface area contributed by atoms with Crippen LogP contribution >= 0.6 is 0 Å². The van der Waals surface area contributed by atoms with Crippen LogP contribution in [0, 0.1) is 0 Å². The van der Waals surface area contributed by atoms with Crippen molar-refractivity contribution in [3.63, 3.8) is 0 Å². The Balaban J connectivity index is 2.28. The number of methoxy groups -OCH3 is 1. The number of hydrogen-bond acceptors (Lipinski definition) is 4. The smallest absolute Gasteiger partial charge is 0.339 e. The zero-order chi connectivity index (χ0) is 13.8. The molecule has 0 N–H and O–H groups in total. The minimum Gasteiger partial charge on any atom is -0.491 e. The molecule has 5 heteroatoms. The molecule has 0 radical (unpaired) electrons. The fraction of sp³-hybridized carbons (Fsp3) is 0.286. The summed E-state index contributed by atoms with van der Waals surface area (Å²) in [7, 11) is 1.38. The third-order valence-electron chi connectivity index (χ3n) is 2.82. The van der Waals surface area contributed by atoms with E-state index in [0.717, 1.165) is 5.69 Å². The highest BCUT2D eigenvalue weighted by molar-refractivity contribution is 6.14. The summed E-state index contributed by atoms with van der Waals surface area (Å²) in [6, 6.07) is 9.13. The Hall–Kier alpha value is -2.30. The molecule has 1 heterocycles. The Labute approximate surface area is 111 Å². The first-order valence-electron chi connectivity index (χ1n) is 6.00. The van der Waals surface area contributed by atoms with Crippen molar-refractivity contribution in [3.8, 4) is 0 Å². The van der Waals surface area contributed by atoms with E-state index in [4.69, 9.17) is 9.47 Å². The molecule has 0 aromatic heterocycles. The monoisotopic (exact) mass is 261 g/mol. The van der Waals surface area contributed by atoms with E-state index in [1.807, 2.05) is 18.2 Å². The van der Waals surface area contributed by atoms with E-state index in [-0.39, 0.29) is 30.4 Å². The van der Waals surface area contributed by atoms with Crippen molar-refractivity contribution >= 4 is 17.6 Å². The second-order valence-electron chi connectivity index (χ2n) is 3.96. The molecule has 0 aliphatic carbocycles. The van der Waals surface area contributed by atoms with Crippen LogP contribution in [0.15, 0.2) is 41.7 Å². The van der Waals surface area contributed by atoms with Gasteiger partial charge in [-0.1, -0.05) is 18.2 Å². The molecule has 0 spiro atoms. The minimum absolute atomic E-state index is 0.0577. The second kappa shape index (κ2) is 5.56. The van der Waals surface area contributed by atoms with Crippen molar-refractivity contribution in [1.82, 2.24) is 0 Å². The molecule has 100 valence electrons. The molecule has 1 aromatic carbocycles. The molecule has 0 fully saturated rings. The van der Waals surface area contributed by atoms with Gasteiger partial charge in [0.1, 0.15) is 5.57 Å². The number of benzene rings is 1. The molecule has 0 saturated carbocycles. The topological polar surface area (TPSA) is 55.8 Å². The summed E-state index contributed by atoms with van der Waals surface area (Å²) in [5, 5.41) is 0. The molecule has 1 aliphatic heterocycles. The quantitative estimate of drug-likeness (QED) is 0.771. The Morgan fingerprint density at radius 3 is 2.58 bits per heavy atom. The standard InChI is InChI=1S/C14H15NO4/c1-3-19-14(17)11-9-15(13(16)12(11)18-2)10-7-5-4-6-8-10/h4-8H,3,9H2,1-2H3. The normalized spacial score (nSPS) is 14.8. The van der Waals surface area contributed by atoms with Crippen LogP contribution in [0.5, 0.6) is 0 Å². The second-order valence-corrected chi connectivity index (χ2v) is 3.96. The maximum atomic E-state index is 12.2. The molecular weight excluding hydrogens is 246 g/mol. The number of amides is 1. The summed E-state index contributed by atoms with van der Waals surface area (Å²) in [4.78, 5) is 25.5. The van der Waals surface area contributed by atoms with Crippen molar-refractivity contribution < 1.29 is 19.1 Å². The first-order chi connectivity index (χ1) is 9.19. The molecule has 1 aliphatic rings. The number of carbonyl (C=O) groups is 2. The fourth-order valence-electron chi connectivity index (χ4n) is 1.96. The summed E-state index contributed by atoms with van der Waals surface area (Å²) < 4.78 is 9.98. The largest absolute Gasteiger partial charge is 0.491 e. The summed E-state index contributed by atoms with van der Waals surface area (Å²) >= 11 is 0. The lowest BCUT2D eigenvalue weighted by molar-refractivity contribution is -0.138. The number of nitrogens with zero attached hydrogens (tertiary/aromatic N) is 1. The summed E-state index contributed by atoms with van der Waals surface area (Å²) in [5.74, 6) is -0.773. The molecule has 2 rings (SSSR count). The summed E-state index contributed by atoms with van der Waals surface area (Å²) in [6.07, 6.45) is 0. The number of ether oxygens (including phenoxy) is 2. The van der Waals surface area contributed by atoms with Gasteiger partial charge in [-0.15, -0.1) is 0 Å². The maximum absolute atomic E-state index is 12.2. The number of hydrogen-bond donors (Lipinski definition) is 0. The zero-order valence-electron chi connectivity index (χ0n) is 10.9. The van der Waals surface area contributed by atoms with E-state index >= 15 is 0 Å². The van der Waals surface area contributed by atoms with E-state index in [1.165, 1.54) is 12.0 Å². The van der Waals surface area contributed by atoms with Gasteiger partial charge in [-0.05, 0) is 19.1 Å². The van der Waals surface area contributed by atoms with Gasteiger partial charge in [0.15, 0.2) is 5.76 Å². The van der Waals surface area contributed by atoms with Crippen LogP contribution in [0.4, 0.5) is 5.69 Å². The molecule has 1 aromatic rings. The van der Waals surface area contributed by atoms with Gasteiger partial charge in [0.2, 0.25) is 0 Å². The van der Waals surface area contributed by atoms with E-state index in [2.05, 4.69) is 0 Å². The van der Waals surface area contributed by atoms with Gasteiger partial charge in [-0.2, -0.15) is 0 Å². The lowest BCUT2D eigenvalue weighted by atomic mass is 10.2. The van der Waals surface area contributed by atoms with E-state index in [9.17, 15) is 9.59 Å². The highest BCUT2D eigenvalue weighted by Crippen LogP contribution is 2.26. The van der Waals surface area contributed by atoms with Crippen LogP contribution in [0.2, 0.25) is 0 Å². The number of para-hydroxylation sites is 1. The molecule has 1 amide bonds. The van der Waals surface area contributed by atoms with Gasteiger partial charge in [-0.25, -0.2) is 4.79 Å². The zero-order valence-corrected chi connectivity index (χ0v) is 10.9. The third kappa shape index (κ3) is 2.45. The number of carbonyl (C=O) groups excluding carboxylic acids is 2. The predicted octanol–water partition coefficient (Wildman–Crippen LogP) is 1.50. The predicted molar refractivity (Wildman–Crippen MR) is 69.5 cm³/mol. The van der Waals surface area contributed by atoms with Gasteiger partial charge < -0.3 is 14.4 Å². The Bertz CT molecular complexity index is 522. The van der Waals surface area contributed by atoms with Gasteiger partial charge in [0, 0.05) is 5.69 Å². The van der Waals surface area contributed by atoms with E-state index < -0.39 is 5.97 Å². The molecule has 0 saturated heterocycles. The summed E-state index contributed by atoms with van der Waals surface area (Å²) in [6.45, 7) is 2.15. The Kier molecular flexibility index (Phi) is 3.85. The van der Waals surface area contributed by atoms with E-state index in [0.29, 0.717) is 0 Å². The number of anilines is 1. The number of rotatable bonds is 4. The van der Waals surface area contributed by atoms with Crippen LogP contribution in [0.25, 0.3) is 0 Å². The average molecular weight is 261 g/mol. The van der Waals surface area contributed by atoms with Gasteiger partial charge in [-0.3, -0.25) is 4.79 Å². The van der Waals surface area contributed by atoms with Crippen molar-refractivity contribution in [2.45, 2.75) is 6.92 Å². The van der Waals surface area contributed by atoms with Crippen molar-refractivity contribution in [3.05, 3.63) is 41.7 Å². The van der Waals surface area contributed by atoms with Crippen LogP contribution in [0.3, 0.4) is 0 Å². The molecular formula is C14H15NO4. The van der Waals surface area contributed by atoms with Crippen molar-refractivity contribution in [2.24, 2.45) is 0 Å².